The number of hydrogen-bond donors (Lipinski definition) is 0. The summed E-state index contributed by atoms with van der Waals surface area (Å²) in [6, 6.07) is 18.8. The van der Waals surface area contributed by atoms with E-state index in [-0.39, 0.29) is 23.2 Å². The zero-order chi connectivity index (χ0) is 24.9. The Morgan fingerprint density at radius 3 is 2.49 bits per heavy atom. The molecule has 0 saturated carbocycles. The van der Waals surface area contributed by atoms with Crippen molar-refractivity contribution in [3.8, 4) is 17.5 Å². The first-order valence-corrected chi connectivity index (χ1v) is 12.7. The second-order valence-electron chi connectivity index (χ2n) is 10.5. The van der Waals surface area contributed by atoms with Crippen molar-refractivity contribution in [1.29, 1.82) is 5.26 Å². The molecule has 2 aliphatic rings. The summed E-state index contributed by atoms with van der Waals surface area (Å²) in [5, 5.41) is 10.4. The Hall–Kier alpha value is -3.16. The maximum atomic E-state index is 12.8. The summed E-state index contributed by atoms with van der Waals surface area (Å²) >= 11 is 6.14. The monoisotopic (exact) mass is 483 g/mol. The minimum atomic E-state index is -0.455. The van der Waals surface area contributed by atoms with E-state index in [4.69, 9.17) is 16.6 Å². The first kappa shape index (κ1) is 23.6. The third kappa shape index (κ3) is 3.93. The fourth-order valence-electron chi connectivity index (χ4n) is 5.95. The number of carbonyl (C=O) groups excluding carboxylic acids is 1. The van der Waals surface area contributed by atoms with Crippen LogP contribution in [0.3, 0.4) is 0 Å². The quantitative estimate of drug-likeness (QED) is 0.407. The number of imidazole rings is 1. The summed E-state index contributed by atoms with van der Waals surface area (Å²) in [4.78, 5) is 18.1. The lowest BCUT2D eigenvalue weighted by atomic mass is 9.58. The van der Waals surface area contributed by atoms with Crippen LogP contribution in [0.4, 0.5) is 0 Å². The van der Waals surface area contributed by atoms with Gasteiger partial charge in [0.25, 0.3) is 0 Å². The molecule has 1 heterocycles. The molecule has 0 N–H and O–H groups in total. The normalized spacial score (nSPS) is 23.5. The number of carbonyl (C=O) groups is 1. The molecular weight excluding hydrogens is 454 g/mol. The number of benzene rings is 2. The van der Waals surface area contributed by atoms with E-state index in [1.54, 1.807) is 0 Å². The van der Waals surface area contributed by atoms with Gasteiger partial charge < -0.3 is 4.57 Å². The van der Waals surface area contributed by atoms with E-state index in [0.717, 1.165) is 40.5 Å². The van der Waals surface area contributed by atoms with Gasteiger partial charge in [0.05, 0.1) is 11.3 Å². The lowest BCUT2D eigenvalue weighted by Gasteiger charge is -2.44. The number of nitrogens with zero attached hydrogens (tertiary/aromatic N) is 3. The molecule has 0 fully saturated rings. The molecule has 0 radical (unpaired) electrons. The fourth-order valence-corrected chi connectivity index (χ4v) is 6.08. The highest BCUT2D eigenvalue weighted by Gasteiger charge is 2.50. The zero-order valence-electron chi connectivity index (χ0n) is 20.7. The molecule has 2 aliphatic carbocycles. The van der Waals surface area contributed by atoms with Crippen molar-refractivity contribution in [2.75, 3.05) is 0 Å². The summed E-state index contributed by atoms with van der Waals surface area (Å²) in [6.07, 6.45) is 3.64. The Morgan fingerprint density at radius 2 is 1.86 bits per heavy atom. The van der Waals surface area contributed by atoms with E-state index in [0.29, 0.717) is 12.5 Å². The predicted molar refractivity (Wildman–Crippen MR) is 139 cm³/mol. The molecule has 178 valence electrons. The predicted octanol–water partition coefficient (Wildman–Crippen LogP) is 6.86. The summed E-state index contributed by atoms with van der Waals surface area (Å²) in [7, 11) is 0. The van der Waals surface area contributed by atoms with Crippen LogP contribution in [0.1, 0.15) is 62.5 Å². The summed E-state index contributed by atoms with van der Waals surface area (Å²) in [5.41, 5.74) is 5.52. The number of Topliss-reactive ketones (excluding diaryl/α,β-unsaturated/α-hetero) is 1. The van der Waals surface area contributed by atoms with Crippen LogP contribution in [0.25, 0.3) is 11.4 Å². The van der Waals surface area contributed by atoms with E-state index in [1.165, 1.54) is 11.3 Å². The molecule has 4 nitrogen and oxygen atoms in total. The van der Waals surface area contributed by atoms with Crippen molar-refractivity contribution in [3.05, 3.63) is 87.7 Å². The molecule has 3 atom stereocenters. The van der Waals surface area contributed by atoms with E-state index in [9.17, 15) is 10.1 Å². The van der Waals surface area contributed by atoms with Gasteiger partial charge in [-0.1, -0.05) is 81.8 Å². The van der Waals surface area contributed by atoms with Gasteiger partial charge >= 0.3 is 0 Å². The molecule has 5 rings (SSSR count). The van der Waals surface area contributed by atoms with Crippen LogP contribution in [0.5, 0.6) is 0 Å². The number of hydrogen-bond acceptors (Lipinski definition) is 3. The molecule has 0 saturated heterocycles. The van der Waals surface area contributed by atoms with E-state index >= 15 is 0 Å². The Bertz CT molecular complexity index is 1360. The topological polar surface area (TPSA) is 58.7 Å². The third-order valence-electron chi connectivity index (χ3n) is 7.98. The van der Waals surface area contributed by atoms with E-state index in [2.05, 4.69) is 67.8 Å². The molecule has 0 unspecified atom stereocenters. The Morgan fingerprint density at radius 1 is 1.17 bits per heavy atom. The number of aromatic nitrogens is 2. The molecule has 0 bridgehead atoms. The van der Waals surface area contributed by atoms with Crippen molar-refractivity contribution in [2.45, 2.75) is 58.4 Å². The summed E-state index contributed by atoms with van der Waals surface area (Å²) < 4.78 is 2.32. The number of ketones is 1. The van der Waals surface area contributed by atoms with Crippen LogP contribution < -0.4 is 0 Å². The SMILES string of the molecule is CC(C)c1ccc(-c2nc3c(n2Cc2ccc(Cl)cc2)CC[C@@H]2[C@@H](C)C(=O)C(C#N)=C[C@@]32C)cc1. The van der Waals surface area contributed by atoms with Gasteiger partial charge in [0.2, 0.25) is 0 Å². The maximum Gasteiger partial charge on any atom is 0.176 e. The second-order valence-corrected chi connectivity index (χ2v) is 10.9. The van der Waals surface area contributed by atoms with Crippen molar-refractivity contribution in [2.24, 2.45) is 11.8 Å². The average Bonchev–Trinajstić information content (AvgIpc) is 3.22. The van der Waals surface area contributed by atoms with Crippen LogP contribution >= 0.6 is 11.6 Å². The van der Waals surface area contributed by atoms with Crippen molar-refractivity contribution >= 4 is 17.4 Å². The maximum absolute atomic E-state index is 12.8. The molecule has 2 aromatic carbocycles. The summed E-state index contributed by atoms with van der Waals surface area (Å²) in [6.45, 7) is 9.20. The Labute approximate surface area is 212 Å². The lowest BCUT2D eigenvalue weighted by molar-refractivity contribution is -0.121. The molecule has 1 aromatic heterocycles. The Kier molecular flexibility index (Phi) is 5.93. The number of rotatable bonds is 4. The van der Waals surface area contributed by atoms with Crippen LogP contribution in [0.15, 0.2) is 60.2 Å². The molecule has 0 amide bonds. The number of fused-ring (bicyclic) bond motifs is 3. The Balaban J connectivity index is 1.69. The fraction of sp³-hybridized carbons (Fsp3) is 0.367. The highest BCUT2D eigenvalue weighted by molar-refractivity contribution is 6.30. The standard InChI is InChI=1S/C30H30ClN3O/c1-18(2)21-7-9-22(10-8-21)29-33-28-26(34(29)17-20-5-11-24(31)12-6-20)14-13-25-19(3)27(35)23(16-32)15-30(25,28)4/h5-12,15,18-19,25H,13-14,17H2,1-4H3/t19-,25-,30-/m1/s1. The number of halogens is 1. The van der Waals surface area contributed by atoms with Crippen molar-refractivity contribution < 1.29 is 4.79 Å². The van der Waals surface area contributed by atoms with Crippen LogP contribution in [-0.4, -0.2) is 15.3 Å². The second kappa shape index (κ2) is 8.81. The minimum Gasteiger partial charge on any atom is -0.323 e. The molecule has 3 aromatic rings. The van der Waals surface area contributed by atoms with Gasteiger partial charge in [0, 0.05) is 34.2 Å². The highest BCUT2D eigenvalue weighted by atomic mass is 35.5. The third-order valence-corrected chi connectivity index (χ3v) is 8.23. The van der Waals surface area contributed by atoms with Crippen LogP contribution in [-0.2, 0) is 23.2 Å². The largest absolute Gasteiger partial charge is 0.323 e. The van der Waals surface area contributed by atoms with Gasteiger partial charge in [-0.05, 0) is 47.9 Å². The van der Waals surface area contributed by atoms with E-state index in [1.807, 2.05) is 25.1 Å². The molecule has 35 heavy (non-hydrogen) atoms. The molecule has 0 spiro atoms. The van der Waals surface area contributed by atoms with Gasteiger partial charge in [-0.15, -0.1) is 0 Å². The summed E-state index contributed by atoms with van der Waals surface area (Å²) in [5.74, 6) is 1.29. The first-order valence-electron chi connectivity index (χ1n) is 12.3. The van der Waals surface area contributed by atoms with Gasteiger partial charge in [0.15, 0.2) is 5.78 Å². The highest BCUT2D eigenvalue weighted by Crippen LogP contribution is 2.50. The number of nitriles is 1. The molecule has 0 aliphatic heterocycles. The van der Waals surface area contributed by atoms with Gasteiger partial charge in [-0.2, -0.15) is 5.26 Å². The van der Waals surface area contributed by atoms with Crippen molar-refractivity contribution in [3.63, 3.8) is 0 Å². The van der Waals surface area contributed by atoms with E-state index < -0.39 is 5.41 Å². The minimum absolute atomic E-state index is 0.0384. The zero-order valence-corrected chi connectivity index (χ0v) is 21.4. The smallest absolute Gasteiger partial charge is 0.176 e. The van der Waals surface area contributed by atoms with Gasteiger partial charge in [-0.25, -0.2) is 4.98 Å². The first-order chi connectivity index (χ1) is 16.7. The molecule has 5 heteroatoms. The van der Waals surface area contributed by atoms with Crippen molar-refractivity contribution in [1.82, 2.24) is 9.55 Å². The van der Waals surface area contributed by atoms with Crippen LogP contribution in [0, 0.1) is 23.2 Å². The van der Waals surface area contributed by atoms with Crippen LogP contribution in [0.2, 0.25) is 5.02 Å². The number of allylic oxidation sites excluding steroid dienone is 2. The van der Waals surface area contributed by atoms with Gasteiger partial charge in [-0.3, -0.25) is 4.79 Å². The lowest BCUT2D eigenvalue weighted by Crippen LogP contribution is -2.45. The molecular formula is C30H30ClN3O. The average molecular weight is 484 g/mol. The van der Waals surface area contributed by atoms with Gasteiger partial charge in [0.1, 0.15) is 11.9 Å².